The molecular weight excluding hydrogens is 212 g/mol. The normalized spacial score (nSPS) is 18.5. The van der Waals surface area contributed by atoms with Gasteiger partial charge in [-0.15, -0.1) is 0 Å². The smallest absolute Gasteiger partial charge is 0.138 e. The van der Waals surface area contributed by atoms with Crippen molar-refractivity contribution in [3.05, 3.63) is 36.3 Å². The third kappa shape index (κ3) is 4.27. The molecule has 0 aromatic heterocycles. The molecule has 0 aromatic rings. The zero-order valence-electron chi connectivity index (χ0n) is 11.2. The minimum absolute atomic E-state index is 0.192. The first-order valence-corrected chi connectivity index (χ1v) is 6.30. The fraction of sp³-hybridized carbons (Fsp3) is 0.571. The van der Waals surface area contributed by atoms with Crippen molar-refractivity contribution in [3.8, 4) is 0 Å². The van der Waals surface area contributed by atoms with E-state index < -0.39 is 0 Å². The maximum Gasteiger partial charge on any atom is 0.138 e. The van der Waals surface area contributed by atoms with Crippen LogP contribution in [0.2, 0.25) is 0 Å². The molecule has 3 nitrogen and oxygen atoms in total. The van der Waals surface area contributed by atoms with E-state index in [9.17, 15) is 0 Å². The second kappa shape index (κ2) is 7.17. The molecule has 1 N–H and O–H groups in total. The van der Waals surface area contributed by atoms with Gasteiger partial charge in [0.25, 0.3) is 0 Å². The summed E-state index contributed by atoms with van der Waals surface area (Å²) in [6.07, 6.45) is 6.07. The van der Waals surface area contributed by atoms with Crippen LogP contribution in [0.4, 0.5) is 0 Å². The van der Waals surface area contributed by atoms with Crippen molar-refractivity contribution in [3.63, 3.8) is 0 Å². The lowest BCUT2D eigenvalue weighted by molar-refractivity contribution is 0.137. The Balaban J connectivity index is 2.83. The van der Waals surface area contributed by atoms with Crippen LogP contribution in [0, 0.1) is 0 Å². The van der Waals surface area contributed by atoms with Gasteiger partial charge in [-0.3, -0.25) is 0 Å². The number of rotatable bonds is 5. The van der Waals surface area contributed by atoms with Crippen molar-refractivity contribution >= 4 is 0 Å². The van der Waals surface area contributed by atoms with Crippen molar-refractivity contribution in [2.45, 2.75) is 26.9 Å². The number of piperazine rings is 1. The van der Waals surface area contributed by atoms with Crippen LogP contribution < -0.4 is 5.32 Å². The van der Waals surface area contributed by atoms with Crippen molar-refractivity contribution in [1.82, 2.24) is 10.2 Å². The average molecular weight is 236 g/mol. The van der Waals surface area contributed by atoms with Gasteiger partial charge in [0.15, 0.2) is 0 Å². The molecule has 0 bridgehead atoms. The second-order valence-electron chi connectivity index (χ2n) is 4.34. The van der Waals surface area contributed by atoms with Crippen molar-refractivity contribution in [2.75, 3.05) is 26.2 Å². The van der Waals surface area contributed by atoms with Gasteiger partial charge in [-0.1, -0.05) is 12.7 Å². The second-order valence-corrected chi connectivity index (χ2v) is 4.34. The molecule has 0 radical (unpaired) electrons. The molecular formula is C14H24N2O. The molecule has 0 atom stereocenters. The minimum Gasteiger partial charge on any atom is -0.489 e. The summed E-state index contributed by atoms with van der Waals surface area (Å²) < 4.78 is 5.85. The topological polar surface area (TPSA) is 24.5 Å². The molecule has 1 aliphatic heterocycles. The van der Waals surface area contributed by atoms with Crippen LogP contribution in [-0.2, 0) is 4.74 Å². The van der Waals surface area contributed by atoms with Crippen LogP contribution in [0.3, 0.4) is 0 Å². The Kier molecular flexibility index (Phi) is 5.84. The van der Waals surface area contributed by atoms with E-state index in [1.807, 2.05) is 39.0 Å². The van der Waals surface area contributed by atoms with Gasteiger partial charge in [0, 0.05) is 26.2 Å². The molecule has 1 rings (SSSR count). The van der Waals surface area contributed by atoms with Crippen molar-refractivity contribution in [2.24, 2.45) is 0 Å². The Hall–Kier alpha value is -1.22. The highest BCUT2D eigenvalue weighted by molar-refractivity contribution is 5.28. The van der Waals surface area contributed by atoms with Crippen molar-refractivity contribution in [1.29, 1.82) is 0 Å². The van der Waals surface area contributed by atoms with E-state index in [1.54, 1.807) is 0 Å². The molecule has 0 spiro atoms. The molecule has 0 aromatic carbocycles. The number of hydrogen-bond acceptors (Lipinski definition) is 3. The molecule has 0 aliphatic carbocycles. The summed E-state index contributed by atoms with van der Waals surface area (Å²) >= 11 is 0. The standard InChI is InChI=1S/C14H24N2O/c1-5-7-13(14(6-2)17-12(3)4)16-10-8-15-9-11-16/h5-7,12,15H,1,8-11H2,2-4H3/b13-7+,14-6+. The summed E-state index contributed by atoms with van der Waals surface area (Å²) in [6.45, 7) is 14.0. The van der Waals surface area contributed by atoms with Gasteiger partial charge in [-0.25, -0.2) is 0 Å². The lowest BCUT2D eigenvalue weighted by Crippen LogP contribution is -2.43. The molecule has 0 saturated carbocycles. The highest BCUT2D eigenvalue weighted by Crippen LogP contribution is 2.19. The van der Waals surface area contributed by atoms with E-state index in [4.69, 9.17) is 4.74 Å². The zero-order chi connectivity index (χ0) is 12.7. The van der Waals surface area contributed by atoms with Gasteiger partial charge in [0.2, 0.25) is 0 Å². The van der Waals surface area contributed by atoms with Crippen LogP contribution in [0.5, 0.6) is 0 Å². The first kappa shape index (κ1) is 13.8. The third-order valence-corrected chi connectivity index (χ3v) is 2.61. The highest BCUT2D eigenvalue weighted by atomic mass is 16.5. The Morgan fingerprint density at radius 2 is 2.00 bits per heavy atom. The van der Waals surface area contributed by atoms with E-state index in [2.05, 4.69) is 16.8 Å². The monoisotopic (exact) mass is 236 g/mol. The Labute approximate surface area is 105 Å². The quantitative estimate of drug-likeness (QED) is 0.585. The summed E-state index contributed by atoms with van der Waals surface area (Å²) in [5.74, 6) is 0.946. The number of allylic oxidation sites excluding steroid dienone is 3. The van der Waals surface area contributed by atoms with Crippen LogP contribution >= 0.6 is 0 Å². The van der Waals surface area contributed by atoms with Crippen LogP contribution in [0.1, 0.15) is 20.8 Å². The van der Waals surface area contributed by atoms with Gasteiger partial charge >= 0.3 is 0 Å². The largest absolute Gasteiger partial charge is 0.489 e. The molecule has 1 aliphatic rings. The first-order valence-electron chi connectivity index (χ1n) is 6.30. The number of nitrogens with zero attached hydrogens (tertiary/aromatic N) is 1. The highest BCUT2D eigenvalue weighted by Gasteiger charge is 2.17. The Bertz CT molecular complexity index is 299. The van der Waals surface area contributed by atoms with Crippen LogP contribution in [-0.4, -0.2) is 37.2 Å². The Morgan fingerprint density at radius 3 is 2.47 bits per heavy atom. The lowest BCUT2D eigenvalue weighted by atomic mass is 10.2. The molecule has 17 heavy (non-hydrogen) atoms. The van der Waals surface area contributed by atoms with E-state index in [-0.39, 0.29) is 6.10 Å². The fourth-order valence-electron chi connectivity index (χ4n) is 1.89. The van der Waals surface area contributed by atoms with Crippen LogP contribution in [0.25, 0.3) is 0 Å². The summed E-state index contributed by atoms with van der Waals surface area (Å²) in [5.41, 5.74) is 1.14. The van der Waals surface area contributed by atoms with Gasteiger partial charge in [0.05, 0.1) is 11.8 Å². The summed E-state index contributed by atoms with van der Waals surface area (Å²) in [7, 11) is 0. The van der Waals surface area contributed by atoms with Gasteiger partial charge in [0.1, 0.15) is 5.76 Å². The van der Waals surface area contributed by atoms with Gasteiger partial charge in [-0.05, 0) is 32.9 Å². The van der Waals surface area contributed by atoms with E-state index in [0.29, 0.717) is 0 Å². The first-order chi connectivity index (χ1) is 8.19. The van der Waals surface area contributed by atoms with Gasteiger partial charge < -0.3 is 15.0 Å². The molecule has 1 heterocycles. The predicted octanol–water partition coefficient (Wildman–Crippen LogP) is 2.29. The molecule has 0 amide bonds. The molecule has 0 unspecified atom stereocenters. The SMILES string of the molecule is C=C/C=C(\C(=C/C)OC(C)C)N1CCNCC1. The zero-order valence-corrected chi connectivity index (χ0v) is 11.2. The fourth-order valence-corrected chi connectivity index (χ4v) is 1.89. The summed E-state index contributed by atoms with van der Waals surface area (Å²) in [6, 6.07) is 0. The Morgan fingerprint density at radius 1 is 1.35 bits per heavy atom. The molecule has 3 heteroatoms. The number of hydrogen-bond donors (Lipinski definition) is 1. The summed E-state index contributed by atoms with van der Waals surface area (Å²) in [5, 5.41) is 3.35. The lowest BCUT2D eigenvalue weighted by Gasteiger charge is -2.32. The molecule has 1 saturated heterocycles. The van der Waals surface area contributed by atoms with Gasteiger partial charge in [-0.2, -0.15) is 0 Å². The maximum absolute atomic E-state index is 5.85. The predicted molar refractivity (Wildman–Crippen MR) is 72.7 cm³/mol. The van der Waals surface area contributed by atoms with Crippen molar-refractivity contribution < 1.29 is 4.74 Å². The van der Waals surface area contributed by atoms with Crippen LogP contribution in [0.15, 0.2) is 36.3 Å². The molecule has 96 valence electrons. The minimum atomic E-state index is 0.192. The molecule has 1 fully saturated rings. The summed E-state index contributed by atoms with van der Waals surface area (Å²) in [4.78, 5) is 2.34. The van der Waals surface area contributed by atoms with E-state index >= 15 is 0 Å². The van der Waals surface area contributed by atoms with E-state index in [1.165, 1.54) is 0 Å². The maximum atomic E-state index is 5.85. The average Bonchev–Trinajstić information content (AvgIpc) is 2.34. The third-order valence-electron chi connectivity index (χ3n) is 2.61. The number of nitrogens with one attached hydrogen (secondary N) is 1. The van der Waals surface area contributed by atoms with E-state index in [0.717, 1.165) is 37.6 Å². The number of ether oxygens (including phenoxy) is 1.